The molecule has 0 spiro atoms. The molecule has 0 saturated heterocycles. The van der Waals surface area contributed by atoms with E-state index in [4.69, 9.17) is 46.4 Å². The van der Waals surface area contributed by atoms with E-state index in [1.165, 1.54) is 4.90 Å². The maximum Gasteiger partial charge on any atom is 0.243 e. The van der Waals surface area contributed by atoms with E-state index in [0.717, 1.165) is 12.0 Å². The zero-order valence-electron chi connectivity index (χ0n) is 19.2. The van der Waals surface area contributed by atoms with Crippen molar-refractivity contribution in [2.24, 2.45) is 0 Å². The predicted octanol–water partition coefficient (Wildman–Crippen LogP) is 7.01. The van der Waals surface area contributed by atoms with Crippen molar-refractivity contribution in [1.29, 1.82) is 0 Å². The summed E-state index contributed by atoms with van der Waals surface area (Å²) in [7, 11) is 0. The number of carbonyl (C=O) groups excluding carboxylic acids is 2. The third kappa shape index (κ3) is 7.62. The van der Waals surface area contributed by atoms with Gasteiger partial charge >= 0.3 is 0 Å². The Kier molecular flexibility index (Phi) is 10.3. The van der Waals surface area contributed by atoms with Crippen LogP contribution in [0.25, 0.3) is 0 Å². The molecule has 0 aliphatic rings. The Labute approximate surface area is 226 Å². The molecule has 3 aromatic carbocycles. The van der Waals surface area contributed by atoms with Gasteiger partial charge in [0.15, 0.2) is 0 Å². The summed E-state index contributed by atoms with van der Waals surface area (Å²) in [5.74, 6) is -0.521. The van der Waals surface area contributed by atoms with Crippen molar-refractivity contribution in [2.45, 2.75) is 38.8 Å². The maximum absolute atomic E-state index is 13.8. The Hall–Kier alpha value is -2.24. The standard InChI is InChI=1S/C27H26Cl4N2O2/c1-2-13-32-27(35)25(14-18-7-4-3-5-8-18)33(17-21-22(29)9-6-10-23(21)30)26(34)15-19-11-12-20(28)16-24(19)31/h3-12,16,25H,2,13-15,17H2,1H3,(H,32,35). The normalized spacial score (nSPS) is 11.7. The zero-order valence-corrected chi connectivity index (χ0v) is 22.3. The molecule has 184 valence electrons. The van der Waals surface area contributed by atoms with E-state index in [0.29, 0.717) is 44.2 Å². The van der Waals surface area contributed by atoms with Crippen molar-refractivity contribution < 1.29 is 9.59 Å². The van der Waals surface area contributed by atoms with Crippen LogP contribution in [0.2, 0.25) is 20.1 Å². The van der Waals surface area contributed by atoms with Gasteiger partial charge in [0.05, 0.1) is 6.42 Å². The van der Waals surface area contributed by atoms with Gasteiger partial charge in [-0.05, 0) is 41.8 Å². The second-order valence-corrected chi connectivity index (χ2v) is 9.79. The highest BCUT2D eigenvalue weighted by molar-refractivity contribution is 6.36. The van der Waals surface area contributed by atoms with Crippen LogP contribution in [0.15, 0.2) is 66.7 Å². The number of hydrogen-bond donors (Lipinski definition) is 1. The second kappa shape index (κ2) is 13.2. The molecule has 1 N–H and O–H groups in total. The minimum atomic E-state index is -0.783. The van der Waals surface area contributed by atoms with E-state index >= 15 is 0 Å². The summed E-state index contributed by atoms with van der Waals surface area (Å²) in [5.41, 5.74) is 2.12. The summed E-state index contributed by atoms with van der Waals surface area (Å²) >= 11 is 25.3. The Morgan fingerprint density at radius 3 is 2.20 bits per heavy atom. The number of nitrogens with one attached hydrogen (secondary N) is 1. The smallest absolute Gasteiger partial charge is 0.243 e. The number of carbonyl (C=O) groups is 2. The van der Waals surface area contributed by atoms with Crippen molar-refractivity contribution in [3.63, 3.8) is 0 Å². The van der Waals surface area contributed by atoms with Gasteiger partial charge in [-0.2, -0.15) is 0 Å². The van der Waals surface area contributed by atoms with E-state index in [9.17, 15) is 9.59 Å². The molecule has 0 bridgehead atoms. The Morgan fingerprint density at radius 2 is 1.57 bits per heavy atom. The van der Waals surface area contributed by atoms with Crippen LogP contribution in [0, 0.1) is 0 Å². The van der Waals surface area contributed by atoms with Gasteiger partial charge in [-0.25, -0.2) is 0 Å². The molecule has 0 aliphatic heterocycles. The highest BCUT2D eigenvalue weighted by Crippen LogP contribution is 2.28. The van der Waals surface area contributed by atoms with Gasteiger partial charge in [-0.3, -0.25) is 9.59 Å². The van der Waals surface area contributed by atoms with E-state index < -0.39 is 6.04 Å². The molecule has 3 rings (SSSR count). The molecule has 35 heavy (non-hydrogen) atoms. The van der Waals surface area contributed by atoms with Crippen LogP contribution < -0.4 is 5.32 Å². The van der Waals surface area contributed by atoms with E-state index in [2.05, 4.69) is 5.32 Å². The van der Waals surface area contributed by atoms with Gasteiger partial charge in [-0.1, -0.05) is 95.8 Å². The molecular formula is C27H26Cl4N2O2. The largest absolute Gasteiger partial charge is 0.354 e. The number of halogens is 4. The van der Waals surface area contributed by atoms with Gasteiger partial charge in [-0.15, -0.1) is 0 Å². The van der Waals surface area contributed by atoms with Gasteiger partial charge < -0.3 is 10.2 Å². The SMILES string of the molecule is CCCNC(=O)C(Cc1ccccc1)N(Cc1c(Cl)cccc1Cl)C(=O)Cc1ccc(Cl)cc1Cl. The zero-order chi connectivity index (χ0) is 25.4. The number of benzene rings is 3. The van der Waals surface area contributed by atoms with Crippen LogP contribution >= 0.6 is 46.4 Å². The first-order valence-electron chi connectivity index (χ1n) is 11.3. The van der Waals surface area contributed by atoms with Crippen LogP contribution in [-0.4, -0.2) is 29.3 Å². The lowest BCUT2D eigenvalue weighted by Gasteiger charge is -2.32. The molecule has 0 saturated carbocycles. The van der Waals surface area contributed by atoms with Crippen LogP contribution in [-0.2, 0) is 29.0 Å². The van der Waals surface area contributed by atoms with Crippen molar-refractivity contribution in [1.82, 2.24) is 10.2 Å². The molecule has 1 atom stereocenters. The Bertz CT molecular complexity index is 1150. The summed E-state index contributed by atoms with van der Waals surface area (Å²) in [4.78, 5) is 28.7. The third-order valence-corrected chi connectivity index (χ3v) is 6.86. The van der Waals surface area contributed by atoms with Gasteiger partial charge in [0.1, 0.15) is 6.04 Å². The van der Waals surface area contributed by atoms with Crippen LogP contribution in [0.5, 0.6) is 0 Å². The quantitative estimate of drug-likeness (QED) is 0.294. The fourth-order valence-corrected chi connectivity index (χ4v) is 4.70. The summed E-state index contributed by atoms with van der Waals surface area (Å²) < 4.78 is 0. The fraction of sp³-hybridized carbons (Fsp3) is 0.259. The van der Waals surface area contributed by atoms with E-state index in [1.807, 2.05) is 37.3 Å². The maximum atomic E-state index is 13.8. The lowest BCUT2D eigenvalue weighted by atomic mass is 10.0. The van der Waals surface area contributed by atoms with Crippen LogP contribution in [0.4, 0.5) is 0 Å². The monoisotopic (exact) mass is 550 g/mol. The average molecular weight is 552 g/mol. The number of amides is 2. The molecule has 3 aromatic rings. The summed E-state index contributed by atoms with van der Waals surface area (Å²) in [6.07, 6.45) is 1.09. The molecule has 1 unspecified atom stereocenters. The molecule has 0 radical (unpaired) electrons. The molecule has 4 nitrogen and oxygen atoms in total. The van der Waals surface area contributed by atoms with E-state index in [-0.39, 0.29) is 24.8 Å². The number of hydrogen-bond acceptors (Lipinski definition) is 2. The lowest BCUT2D eigenvalue weighted by molar-refractivity contribution is -0.140. The van der Waals surface area contributed by atoms with Crippen LogP contribution in [0.1, 0.15) is 30.0 Å². The summed E-state index contributed by atoms with van der Waals surface area (Å²) in [6.45, 7) is 2.54. The van der Waals surface area contributed by atoms with Crippen molar-refractivity contribution >= 4 is 58.2 Å². The summed E-state index contributed by atoms with van der Waals surface area (Å²) in [5, 5.41) is 4.65. The summed E-state index contributed by atoms with van der Waals surface area (Å²) in [6, 6.07) is 19.0. The van der Waals surface area contributed by atoms with Crippen molar-refractivity contribution in [3.05, 3.63) is 104 Å². The van der Waals surface area contributed by atoms with Crippen LogP contribution in [0.3, 0.4) is 0 Å². The molecule has 0 fully saturated rings. The Balaban J connectivity index is 2.02. The van der Waals surface area contributed by atoms with Gasteiger partial charge in [0.2, 0.25) is 11.8 Å². The van der Waals surface area contributed by atoms with E-state index in [1.54, 1.807) is 36.4 Å². The van der Waals surface area contributed by atoms with Crippen molar-refractivity contribution in [3.8, 4) is 0 Å². The van der Waals surface area contributed by atoms with Crippen molar-refractivity contribution in [2.75, 3.05) is 6.54 Å². The average Bonchev–Trinajstić information content (AvgIpc) is 2.83. The first-order chi connectivity index (χ1) is 16.8. The van der Waals surface area contributed by atoms with Gasteiger partial charge in [0.25, 0.3) is 0 Å². The lowest BCUT2D eigenvalue weighted by Crippen LogP contribution is -2.51. The predicted molar refractivity (Wildman–Crippen MR) is 144 cm³/mol. The molecule has 0 heterocycles. The molecule has 0 aromatic heterocycles. The Morgan fingerprint density at radius 1 is 0.886 bits per heavy atom. The highest BCUT2D eigenvalue weighted by Gasteiger charge is 2.31. The molecule has 2 amide bonds. The first kappa shape index (κ1) is 27.3. The fourth-order valence-electron chi connectivity index (χ4n) is 3.70. The third-order valence-electron chi connectivity index (χ3n) is 5.57. The minimum Gasteiger partial charge on any atom is -0.354 e. The topological polar surface area (TPSA) is 49.4 Å². The molecular weight excluding hydrogens is 526 g/mol. The van der Waals surface area contributed by atoms with Gasteiger partial charge in [0, 0.05) is 45.2 Å². The second-order valence-electron chi connectivity index (χ2n) is 8.13. The first-order valence-corrected chi connectivity index (χ1v) is 12.8. The minimum absolute atomic E-state index is 0.00950. The number of rotatable bonds is 10. The highest BCUT2D eigenvalue weighted by atomic mass is 35.5. The molecule has 8 heteroatoms. The number of nitrogens with zero attached hydrogens (tertiary/aromatic N) is 1. The molecule has 0 aliphatic carbocycles.